The average Bonchev–Trinajstić information content (AvgIpc) is 3.47. The van der Waals surface area contributed by atoms with Gasteiger partial charge in [0.2, 0.25) is 0 Å². The highest BCUT2D eigenvalue weighted by atomic mass is 19.1. The largest absolute Gasteiger partial charge is 0.444 e. The minimum Gasteiger partial charge on any atom is -0.444 e. The van der Waals surface area contributed by atoms with E-state index in [4.69, 9.17) is 14.2 Å². The number of nitrogens with zero attached hydrogens (tertiary/aromatic N) is 3. The first-order valence-corrected chi connectivity index (χ1v) is 16.8. The number of nitrogens with one attached hydrogen (secondary N) is 3. The summed E-state index contributed by atoms with van der Waals surface area (Å²) in [6.07, 6.45) is 5.75. The molecule has 12 nitrogen and oxygen atoms in total. The van der Waals surface area contributed by atoms with Crippen molar-refractivity contribution in [1.29, 1.82) is 0 Å². The molecule has 3 N–H and O–H groups in total. The van der Waals surface area contributed by atoms with E-state index in [1.54, 1.807) is 64.8 Å². The van der Waals surface area contributed by atoms with E-state index in [1.165, 1.54) is 6.20 Å². The van der Waals surface area contributed by atoms with Crippen molar-refractivity contribution in [3.8, 4) is 11.1 Å². The highest BCUT2D eigenvalue weighted by Gasteiger charge is 2.47. The molecule has 1 aromatic carbocycles. The fourth-order valence-corrected chi connectivity index (χ4v) is 6.93. The zero-order chi connectivity index (χ0) is 35.3. The van der Waals surface area contributed by atoms with Crippen LogP contribution in [0.4, 0.5) is 36.0 Å². The number of aromatic nitrogens is 2. The molecule has 4 amide bonds. The van der Waals surface area contributed by atoms with Crippen LogP contribution in [0.25, 0.3) is 21.9 Å². The SMILES string of the molecule is Cc1c(-c2cc3cc(NC(=O)NC4CC5(CCOC5)C4)ncc3c(NC(=O)OC(C)(C)C)c2F)cnc2c1N(C(=O)OC(C)(C)C)CCC2. The van der Waals surface area contributed by atoms with E-state index in [2.05, 4.69) is 25.9 Å². The van der Waals surface area contributed by atoms with Gasteiger partial charge in [0.25, 0.3) is 0 Å². The highest BCUT2D eigenvalue weighted by molar-refractivity contribution is 6.05. The van der Waals surface area contributed by atoms with E-state index in [0.717, 1.165) is 32.5 Å². The smallest absolute Gasteiger partial charge is 0.414 e. The Bertz CT molecular complexity index is 1800. The molecule has 1 saturated carbocycles. The summed E-state index contributed by atoms with van der Waals surface area (Å²) < 4.78 is 33.4. The normalized spacial score (nSPS) is 20.4. The molecule has 4 heterocycles. The first kappa shape index (κ1) is 34.3. The maximum absolute atomic E-state index is 16.7. The van der Waals surface area contributed by atoms with Crippen LogP contribution in [-0.2, 0) is 20.6 Å². The molecule has 49 heavy (non-hydrogen) atoms. The average molecular weight is 677 g/mol. The van der Waals surface area contributed by atoms with Crippen LogP contribution < -0.4 is 20.9 Å². The Morgan fingerprint density at radius 1 is 1.00 bits per heavy atom. The van der Waals surface area contributed by atoms with Gasteiger partial charge in [0.1, 0.15) is 17.0 Å². The second-order valence-corrected chi connectivity index (χ2v) is 15.4. The van der Waals surface area contributed by atoms with Crippen LogP contribution in [0.1, 0.15) is 78.5 Å². The fourth-order valence-electron chi connectivity index (χ4n) is 6.93. The van der Waals surface area contributed by atoms with Crippen molar-refractivity contribution in [2.45, 2.75) is 97.8 Å². The molecule has 0 unspecified atom stereocenters. The Morgan fingerprint density at radius 2 is 1.73 bits per heavy atom. The van der Waals surface area contributed by atoms with Crippen LogP contribution in [0.15, 0.2) is 24.5 Å². The van der Waals surface area contributed by atoms with E-state index in [-0.39, 0.29) is 28.5 Å². The van der Waals surface area contributed by atoms with Gasteiger partial charge in [-0.15, -0.1) is 0 Å². The molecular weight excluding hydrogens is 631 g/mol. The summed E-state index contributed by atoms with van der Waals surface area (Å²) in [7, 11) is 0. The van der Waals surface area contributed by atoms with Crippen LogP contribution in [0, 0.1) is 18.2 Å². The lowest BCUT2D eigenvalue weighted by Gasteiger charge is -2.44. The van der Waals surface area contributed by atoms with Crippen molar-refractivity contribution >= 4 is 46.2 Å². The summed E-state index contributed by atoms with van der Waals surface area (Å²) in [4.78, 5) is 49.7. The maximum Gasteiger partial charge on any atom is 0.414 e. The molecule has 2 aromatic heterocycles. The van der Waals surface area contributed by atoms with Gasteiger partial charge in [0.15, 0.2) is 5.82 Å². The van der Waals surface area contributed by atoms with Crippen molar-refractivity contribution in [3.05, 3.63) is 41.6 Å². The van der Waals surface area contributed by atoms with Gasteiger partial charge >= 0.3 is 18.2 Å². The van der Waals surface area contributed by atoms with Crippen molar-refractivity contribution in [1.82, 2.24) is 15.3 Å². The minimum absolute atomic E-state index is 0.0483. The molecule has 0 radical (unpaired) electrons. The molecule has 13 heteroatoms. The van der Waals surface area contributed by atoms with E-state index in [1.807, 2.05) is 6.92 Å². The van der Waals surface area contributed by atoms with E-state index < -0.39 is 35.2 Å². The zero-order valence-electron chi connectivity index (χ0n) is 29.2. The third kappa shape index (κ3) is 7.41. The Labute approximate surface area is 285 Å². The van der Waals surface area contributed by atoms with Crippen molar-refractivity contribution in [3.63, 3.8) is 0 Å². The molecule has 2 aliphatic heterocycles. The molecule has 262 valence electrons. The number of anilines is 3. The molecule has 3 aromatic rings. The molecule has 2 fully saturated rings. The Morgan fingerprint density at radius 3 is 2.41 bits per heavy atom. The third-order valence-corrected chi connectivity index (χ3v) is 9.06. The fraction of sp³-hybridized carbons (Fsp3) is 0.528. The van der Waals surface area contributed by atoms with Crippen molar-refractivity contribution < 1.29 is 33.0 Å². The van der Waals surface area contributed by atoms with Crippen molar-refractivity contribution in [2.24, 2.45) is 5.41 Å². The summed E-state index contributed by atoms with van der Waals surface area (Å²) in [5.74, 6) is -0.474. The Kier molecular flexibility index (Phi) is 8.93. The van der Waals surface area contributed by atoms with Crippen LogP contribution in [-0.4, -0.2) is 65.2 Å². The predicted octanol–water partition coefficient (Wildman–Crippen LogP) is 7.47. The molecule has 1 saturated heterocycles. The Hall–Kier alpha value is -4.52. The number of amides is 4. The molecular formula is C36H45FN6O6. The van der Waals surface area contributed by atoms with E-state index in [0.29, 0.717) is 52.7 Å². The van der Waals surface area contributed by atoms with Crippen molar-refractivity contribution in [2.75, 3.05) is 35.3 Å². The summed E-state index contributed by atoms with van der Waals surface area (Å²) >= 11 is 0. The summed E-state index contributed by atoms with van der Waals surface area (Å²) in [5.41, 5.74) is 1.000. The number of fused-ring (bicyclic) bond motifs is 2. The van der Waals surface area contributed by atoms with Gasteiger partial charge in [-0.25, -0.2) is 23.8 Å². The second kappa shape index (κ2) is 12.7. The van der Waals surface area contributed by atoms with Gasteiger partial charge in [-0.05, 0) is 109 Å². The third-order valence-electron chi connectivity index (χ3n) is 9.06. The molecule has 0 atom stereocenters. The number of benzene rings is 1. The van der Waals surface area contributed by atoms with Gasteiger partial charge in [-0.1, -0.05) is 0 Å². The summed E-state index contributed by atoms with van der Waals surface area (Å²) in [6.45, 7) is 14.3. The first-order valence-electron chi connectivity index (χ1n) is 16.8. The topological polar surface area (TPSA) is 144 Å². The number of pyridine rings is 2. The number of aryl methyl sites for hydroxylation is 1. The quantitative estimate of drug-likeness (QED) is 0.258. The summed E-state index contributed by atoms with van der Waals surface area (Å²) in [5, 5.41) is 9.19. The van der Waals surface area contributed by atoms with E-state index in [9.17, 15) is 14.4 Å². The van der Waals surface area contributed by atoms with Crippen LogP contribution >= 0.6 is 0 Å². The lowest BCUT2D eigenvalue weighted by atomic mass is 9.65. The molecule has 6 rings (SSSR count). The van der Waals surface area contributed by atoms with Gasteiger partial charge in [-0.3, -0.25) is 20.5 Å². The predicted molar refractivity (Wildman–Crippen MR) is 184 cm³/mol. The van der Waals surface area contributed by atoms with Crippen LogP contribution in [0.5, 0.6) is 0 Å². The lowest BCUT2D eigenvalue weighted by molar-refractivity contribution is 0.0575. The van der Waals surface area contributed by atoms with E-state index >= 15 is 4.39 Å². The first-order chi connectivity index (χ1) is 23.0. The number of urea groups is 1. The number of carbonyl (C=O) groups is 3. The zero-order valence-corrected chi connectivity index (χ0v) is 29.2. The number of rotatable bonds is 4. The number of ether oxygens (including phenoxy) is 3. The molecule has 3 aliphatic rings. The number of hydrogen-bond acceptors (Lipinski definition) is 8. The standard InChI is InChI=1S/C36H45FN6O6/c1-20-24(17-38-26-9-8-11-43(30(20)26)33(46)49-35(5,6)7)23-13-21-14-27(41-31(44)40-22-15-36(16-22)10-12-47-19-36)39-18-25(21)29(28(23)37)42-32(45)48-34(2,3)4/h13-14,17-18,22H,8-12,15-16,19H2,1-7H3,(H,42,45)(H2,39,40,41,44). The summed E-state index contributed by atoms with van der Waals surface area (Å²) in [6, 6.07) is 2.91. The van der Waals surface area contributed by atoms with Crippen LogP contribution in [0.2, 0.25) is 0 Å². The number of hydrogen-bond donors (Lipinski definition) is 3. The maximum atomic E-state index is 16.7. The van der Waals surface area contributed by atoms with Gasteiger partial charge in [0, 0.05) is 48.1 Å². The number of carbonyl (C=O) groups excluding carboxylic acids is 3. The van der Waals surface area contributed by atoms with Gasteiger partial charge < -0.3 is 19.5 Å². The molecule has 1 spiro atoms. The van der Waals surface area contributed by atoms with Crippen LogP contribution in [0.3, 0.4) is 0 Å². The second-order valence-electron chi connectivity index (χ2n) is 15.4. The highest BCUT2D eigenvalue weighted by Crippen LogP contribution is 2.47. The van der Waals surface area contributed by atoms with Gasteiger partial charge in [-0.2, -0.15) is 0 Å². The minimum atomic E-state index is -0.839. The molecule has 0 bridgehead atoms. The Balaban J connectivity index is 1.36. The number of halogens is 1. The van der Waals surface area contributed by atoms with Gasteiger partial charge in [0.05, 0.1) is 23.7 Å². The monoisotopic (exact) mass is 676 g/mol. The lowest BCUT2D eigenvalue weighted by Crippen LogP contribution is -2.52. The molecule has 1 aliphatic carbocycles.